The first-order valence-corrected chi connectivity index (χ1v) is 6.34. The van der Waals surface area contributed by atoms with E-state index in [2.05, 4.69) is 10.5 Å². The van der Waals surface area contributed by atoms with Crippen LogP contribution in [0.25, 0.3) is 0 Å². The van der Waals surface area contributed by atoms with Crippen molar-refractivity contribution in [1.29, 1.82) is 0 Å². The highest BCUT2D eigenvalue weighted by molar-refractivity contribution is 6.05. The average Bonchev–Trinajstić information content (AvgIpc) is 2.81. The van der Waals surface area contributed by atoms with Crippen LogP contribution in [0, 0.1) is 5.82 Å². The van der Waals surface area contributed by atoms with Crippen molar-refractivity contribution in [3.8, 4) is 0 Å². The number of hydrogen-bond acceptors (Lipinski definition) is 3. The molecule has 0 saturated carbocycles. The number of nitrogens with zero attached hydrogens (tertiary/aromatic N) is 1. The number of amides is 1. The maximum Gasteiger partial charge on any atom is 0.267 e. The molecular formula is C14H17FN2O2. The molecule has 102 valence electrons. The van der Waals surface area contributed by atoms with Crippen molar-refractivity contribution in [3.63, 3.8) is 0 Å². The summed E-state index contributed by atoms with van der Waals surface area (Å²) in [5.41, 5.74) is 0.460. The largest absolute Gasteiger partial charge is 0.379 e. The molecule has 5 heteroatoms. The maximum absolute atomic E-state index is 12.9. The van der Waals surface area contributed by atoms with Gasteiger partial charge < -0.3 is 10.2 Å². The first-order valence-electron chi connectivity index (χ1n) is 6.34. The molecule has 1 amide bonds. The van der Waals surface area contributed by atoms with E-state index < -0.39 is 5.60 Å². The standard InChI is InChI=1S/C14H17FN2O2/c1-3-8-16-13(18)14(2)9-12(17-19-14)10-4-6-11(15)7-5-10/h4-7H,3,8-9H2,1-2H3,(H,16,18)/t14-/m0/s1. The van der Waals surface area contributed by atoms with Gasteiger partial charge in [0, 0.05) is 13.0 Å². The van der Waals surface area contributed by atoms with E-state index in [9.17, 15) is 9.18 Å². The lowest BCUT2D eigenvalue weighted by Crippen LogP contribution is -2.44. The van der Waals surface area contributed by atoms with Gasteiger partial charge in [0.15, 0.2) is 0 Å². The molecule has 0 spiro atoms. The highest BCUT2D eigenvalue weighted by Gasteiger charge is 2.41. The van der Waals surface area contributed by atoms with Crippen molar-refractivity contribution in [1.82, 2.24) is 5.32 Å². The van der Waals surface area contributed by atoms with Crippen LogP contribution in [0.4, 0.5) is 4.39 Å². The summed E-state index contributed by atoms with van der Waals surface area (Å²) in [4.78, 5) is 17.3. The maximum atomic E-state index is 12.9. The number of carbonyl (C=O) groups is 1. The summed E-state index contributed by atoms with van der Waals surface area (Å²) in [6.45, 7) is 4.31. The van der Waals surface area contributed by atoms with E-state index in [0.717, 1.165) is 12.0 Å². The van der Waals surface area contributed by atoms with Gasteiger partial charge in [-0.3, -0.25) is 4.79 Å². The zero-order valence-electron chi connectivity index (χ0n) is 11.1. The molecule has 0 bridgehead atoms. The smallest absolute Gasteiger partial charge is 0.267 e. The molecule has 19 heavy (non-hydrogen) atoms. The van der Waals surface area contributed by atoms with Crippen LogP contribution in [-0.4, -0.2) is 23.8 Å². The predicted octanol–water partition coefficient (Wildman–Crippen LogP) is 2.24. The van der Waals surface area contributed by atoms with Gasteiger partial charge >= 0.3 is 0 Å². The Labute approximate surface area is 111 Å². The molecule has 4 nitrogen and oxygen atoms in total. The molecule has 1 heterocycles. The van der Waals surface area contributed by atoms with Crippen LogP contribution in [0.15, 0.2) is 29.4 Å². The van der Waals surface area contributed by atoms with E-state index in [-0.39, 0.29) is 11.7 Å². The summed E-state index contributed by atoms with van der Waals surface area (Å²) in [7, 11) is 0. The van der Waals surface area contributed by atoms with E-state index in [1.165, 1.54) is 12.1 Å². The Morgan fingerprint density at radius 2 is 2.16 bits per heavy atom. The van der Waals surface area contributed by atoms with Gasteiger partial charge in [-0.05, 0) is 31.0 Å². The Balaban J connectivity index is 2.05. The van der Waals surface area contributed by atoms with E-state index in [1.54, 1.807) is 19.1 Å². The molecule has 0 fully saturated rings. The van der Waals surface area contributed by atoms with Gasteiger partial charge in [-0.25, -0.2) is 4.39 Å². The van der Waals surface area contributed by atoms with Crippen LogP contribution >= 0.6 is 0 Å². The Morgan fingerprint density at radius 3 is 2.79 bits per heavy atom. The zero-order chi connectivity index (χ0) is 13.9. The predicted molar refractivity (Wildman–Crippen MR) is 70.3 cm³/mol. The lowest BCUT2D eigenvalue weighted by atomic mass is 9.95. The molecule has 2 rings (SSSR count). The second kappa shape index (κ2) is 5.38. The summed E-state index contributed by atoms with van der Waals surface area (Å²) in [5, 5.41) is 6.75. The third kappa shape index (κ3) is 2.92. The van der Waals surface area contributed by atoms with Crippen LogP contribution in [-0.2, 0) is 9.63 Å². The Bertz CT molecular complexity index is 499. The fourth-order valence-corrected chi connectivity index (χ4v) is 1.88. The molecule has 0 saturated heterocycles. The first-order chi connectivity index (χ1) is 9.05. The van der Waals surface area contributed by atoms with Crippen molar-refractivity contribution in [2.45, 2.75) is 32.3 Å². The molecule has 1 atom stereocenters. The van der Waals surface area contributed by atoms with Crippen molar-refractivity contribution >= 4 is 11.6 Å². The molecule has 1 aromatic carbocycles. The molecule has 1 aliphatic rings. The molecule has 0 radical (unpaired) electrons. The number of benzene rings is 1. The van der Waals surface area contributed by atoms with Gasteiger partial charge in [-0.2, -0.15) is 0 Å². The van der Waals surface area contributed by atoms with Crippen molar-refractivity contribution < 1.29 is 14.0 Å². The zero-order valence-corrected chi connectivity index (χ0v) is 11.1. The summed E-state index contributed by atoms with van der Waals surface area (Å²) in [6, 6.07) is 6.00. The van der Waals surface area contributed by atoms with E-state index >= 15 is 0 Å². The van der Waals surface area contributed by atoms with Gasteiger partial charge in [-0.15, -0.1) is 0 Å². The quantitative estimate of drug-likeness (QED) is 0.906. The summed E-state index contributed by atoms with van der Waals surface area (Å²) in [6.07, 6.45) is 1.25. The normalized spacial score (nSPS) is 21.7. The number of halogens is 1. The Hall–Kier alpha value is -1.91. The van der Waals surface area contributed by atoms with Gasteiger partial charge in [0.05, 0.1) is 5.71 Å². The fraction of sp³-hybridized carbons (Fsp3) is 0.429. The molecular weight excluding hydrogens is 247 g/mol. The van der Waals surface area contributed by atoms with Crippen LogP contribution in [0.3, 0.4) is 0 Å². The lowest BCUT2D eigenvalue weighted by molar-refractivity contribution is -0.141. The monoisotopic (exact) mass is 264 g/mol. The average molecular weight is 264 g/mol. The van der Waals surface area contributed by atoms with E-state index in [4.69, 9.17) is 4.84 Å². The molecule has 1 aromatic rings. The minimum Gasteiger partial charge on any atom is -0.379 e. The van der Waals surface area contributed by atoms with Gasteiger partial charge in [0.2, 0.25) is 5.60 Å². The van der Waals surface area contributed by atoms with Crippen molar-refractivity contribution in [2.24, 2.45) is 5.16 Å². The van der Waals surface area contributed by atoms with Crippen LogP contribution < -0.4 is 5.32 Å². The third-order valence-corrected chi connectivity index (χ3v) is 3.06. The number of carbonyl (C=O) groups excluding carboxylic acids is 1. The molecule has 0 aliphatic carbocycles. The van der Waals surface area contributed by atoms with E-state index in [1.807, 2.05) is 6.92 Å². The second-order valence-electron chi connectivity index (χ2n) is 4.80. The second-order valence-corrected chi connectivity index (χ2v) is 4.80. The highest BCUT2D eigenvalue weighted by Crippen LogP contribution is 2.26. The Kier molecular flexibility index (Phi) is 3.83. The minimum atomic E-state index is -0.973. The number of hydrogen-bond donors (Lipinski definition) is 1. The summed E-state index contributed by atoms with van der Waals surface area (Å²) in [5.74, 6) is -0.470. The van der Waals surface area contributed by atoms with E-state index in [0.29, 0.717) is 18.7 Å². The van der Waals surface area contributed by atoms with Crippen LogP contribution in [0.1, 0.15) is 32.3 Å². The van der Waals surface area contributed by atoms with Gasteiger partial charge in [0.25, 0.3) is 5.91 Å². The first kappa shape index (κ1) is 13.5. The van der Waals surface area contributed by atoms with Gasteiger partial charge in [-0.1, -0.05) is 24.2 Å². The minimum absolute atomic E-state index is 0.171. The molecule has 0 unspecified atom stereocenters. The number of rotatable bonds is 4. The molecule has 0 aromatic heterocycles. The summed E-state index contributed by atoms with van der Waals surface area (Å²) >= 11 is 0. The van der Waals surface area contributed by atoms with Crippen molar-refractivity contribution in [3.05, 3.63) is 35.6 Å². The molecule has 1 N–H and O–H groups in total. The Morgan fingerprint density at radius 1 is 1.47 bits per heavy atom. The number of nitrogens with one attached hydrogen (secondary N) is 1. The SMILES string of the molecule is CCCNC(=O)[C@]1(C)CC(c2ccc(F)cc2)=NO1. The van der Waals surface area contributed by atoms with Crippen molar-refractivity contribution in [2.75, 3.05) is 6.54 Å². The lowest BCUT2D eigenvalue weighted by Gasteiger charge is -2.20. The fourth-order valence-electron chi connectivity index (χ4n) is 1.88. The van der Waals surface area contributed by atoms with Crippen LogP contribution in [0.5, 0.6) is 0 Å². The van der Waals surface area contributed by atoms with Gasteiger partial charge in [0.1, 0.15) is 5.82 Å². The number of oxime groups is 1. The third-order valence-electron chi connectivity index (χ3n) is 3.06. The highest BCUT2D eigenvalue weighted by atomic mass is 19.1. The summed E-state index contributed by atoms with van der Waals surface area (Å²) < 4.78 is 12.9. The van der Waals surface area contributed by atoms with Crippen LogP contribution in [0.2, 0.25) is 0 Å². The molecule has 1 aliphatic heterocycles. The topological polar surface area (TPSA) is 50.7 Å².